The third-order valence-corrected chi connectivity index (χ3v) is 3.37. The molecule has 0 fully saturated rings. The summed E-state index contributed by atoms with van der Waals surface area (Å²) in [4.78, 5) is 0. The fourth-order valence-electron chi connectivity index (χ4n) is 1.98. The second kappa shape index (κ2) is 6.18. The highest BCUT2D eigenvalue weighted by molar-refractivity contribution is 6.33. The van der Waals surface area contributed by atoms with Crippen LogP contribution in [0.1, 0.15) is 18.5 Å². The molecule has 0 aromatic heterocycles. The number of rotatable bonds is 4. The highest BCUT2D eigenvalue weighted by Gasteiger charge is 2.16. The van der Waals surface area contributed by atoms with E-state index in [-0.39, 0.29) is 16.5 Å². The fourth-order valence-corrected chi connectivity index (χ4v) is 2.23. The third kappa shape index (κ3) is 3.36. The summed E-state index contributed by atoms with van der Waals surface area (Å²) in [5, 5.41) is 12.6. The van der Waals surface area contributed by atoms with Crippen LogP contribution in [0.25, 0.3) is 0 Å². The lowest BCUT2D eigenvalue weighted by Gasteiger charge is -2.19. The van der Waals surface area contributed by atoms with E-state index in [4.69, 9.17) is 16.3 Å². The van der Waals surface area contributed by atoms with Crippen molar-refractivity contribution in [3.8, 4) is 11.5 Å². The number of hydrogen-bond acceptors (Lipinski definition) is 3. The number of benzene rings is 2. The van der Waals surface area contributed by atoms with Crippen molar-refractivity contribution in [2.75, 3.05) is 12.4 Å². The average Bonchev–Trinajstić information content (AvgIpc) is 2.43. The molecule has 0 aliphatic rings. The standard InChI is InChI=1S/C15H14ClF2NO2/c1-8(11-7-10(21-2)3-4-14(11)20)19-15-12(16)5-9(17)6-13(15)18/h3-8,19-20H,1-2H3. The Balaban J connectivity index is 2.32. The Morgan fingerprint density at radius 1 is 1.24 bits per heavy atom. The third-order valence-electron chi connectivity index (χ3n) is 3.07. The lowest BCUT2D eigenvalue weighted by Crippen LogP contribution is -2.09. The van der Waals surface area contributed by atoms with Crippen molar-refractivity contribution in [1.82, 2.24) is 0 Å². The van der Waals surface area contributed by atoms with Gasteiger partial charge in [-0.1, -0.05) is 11.6 Å². The Morgan fingerprint density at radius 2 is 1.95 bits per heavy atom. The summed E-state index contributed by atoms with van der Waals surface area (Å²) in [6.07, 6.45) is 0. The number of nitrogens with one attached hydrogen (secondary N) is 1. The molecular weight excluding hydrogens is 300 g/mol. The molecular formula is C15H14ClF2NO2. The van der Waals surface area contributed by atoms with Crippen molar-refractivity contribution in [2.45, 2.75) is 13.0 Å². The van der Waals surface area contributed by atoms with Crippen LogP contribution in [0.2, 0.25) is 5.02 Å². The van der Waals surface area contributed by atoms with E-state index in [1.54, 1.807) is 19.1 Å². The van der Waals surface area contributed by atoms with Gasteiger partial charge in [-0.05, 0) is 31.2 Å². The maximum atomic E-state index is 13.8. The van der Waals surface area contributed by atoms with E-state index in [0.29, 0.717) is 11.3 Å². The van der Waals surface area contributed by atoms with Crippen molar-refractivity contribution >= 4 is 17.3 Å². The van der Waals surface area contributed by atoms with Gasteiger partial charge in [0.25, 0.3) is 0 Å². The molecule has 3 nitrogen and oxygen atoms in total. The molecule has 0 saturated carbocycles. The number of phenolic OH excluding ortho intramolecular Hbond substituents is 1. The van der Waals surface area contributed by atoms with Crippen LogP contribution in [-0.2, 0) is 0 Å². The van der Waals surface area contributed by atoms with Gasteiger partial charge >= 0.3 is 0 Å². The second-order valence-corrected chi connectivity index (χ2v) is 4.94. The first kappa shape index (κ1) is 15.4. The molecule has 21 heavy (non-hydrogen) atoms. The van der Waals surface area contributed by atoms with Gasteiger partial charge in [0.1, 0.15) is 17.3 Å². The Kier molecular flexibility index (Phi) is 4.53. The lowest BCUT2D eigenvalue weighted by molar-refractivity contribution is 0.410. The number of hydrogen-bond donors (Lipinski definition) is 2. The minimum absolute atomic E-state index is 0.0206. The fraction of sp³-hybridized carbons (Fsp3) is 0.200. The van der Waals surface area contributed by atoms with Crippen molar-refractivity contribution in [2.24, 2.45) is 0 Å². The Hall–Kier alpha value is -2.01. The van der Waals surface area contributed by atoms with Crippen LogP contribution in [-0.4, -0.2) is 12.2 Å². The van der Waals surface area contributed by atoms with Gasteiger partial charge < -0.3 is 15.2 Å². The van der Waals surface area contributed by atoms with Gasteiger partial charge in [0.2, 0.25) is 0 Å². The minimum Gasteiger partial charge on any atom is -0.508 e. The summed E-state index contributed by atoms with van der Waals surface area (Å²) in [5.74, 6) is -0.953. The number of halogens is 3. The maximum absolute atomic E-state index is 13.8. The van der Waals surface area contributed by atoms with Gasteiger partial charge in [0.05, 0.1) is 23.9 Å². The summed E-state index contributed by atoms with van der Waals surface area (Å²) in [6.45, 7) is 1.72. The number of aromatic hydroxyl groups is 1. The molecule has 2 N–H and O–H groups in total. The van der Waals surface area contributed by atoms with Crippen molar-refractivity contribution < 1.29 is 18.6 Å². The SMILES string of the molecule is COc1ccc(O)c(C(C)Nc2c(F)cc(F)cc2Cl)c1. The van der Waals surface area contributed by atoms with E-state index in [9.17, 15) is 13.9 Å². The zero-order valence-electron chi connectivity index (χ0n) is 11.5. The molecule has 0 bridgehead atoms. The predicted molar refractivity (Wildman–Crippen MR) is 78.1 cm³/mol. The Morgan fingerprint density at radius 3 is 2.57 bits per heavy atom. The van der Waals surface area contributed by atoms with Crippen molar-refractivity contribution in [3.63, 3.8) is 0 Å². The van der Waals surface area contributed by atoms with Crippen LogP contribution in [0.3, 0.4) is 0 Å². The molecule has 1 atom stereocenters. The number of ether oxygens (including phenoxy) is 1. The number of anilines is 1. The lowest BCUT2D eigenvalue weighted by atomic mass is 10.1. The van der Waals surface area contributed by atoms with E-state index in [2.05, 4.69) is 5.32 Å². The molecule has 0 spiro atoms. The first-order chi connectivity index (χ1) is 9.92. The van der Waals surface area contributed by atoms with E-state index in [1.807, 2.05) is 0 Å². The summed E-state index contributed by atoms with van der Waals surface area (Å²) >= 11 is 5.83. The van der Waals surface area contributed by atoms with E-state index in [0.717, 1.165) is 12.1 Å². The molecule has 0 heterocycles. The van der Waals surface area contributed by atoms with Crippen LogP contribution in [0.5, 0.6) is 11.5 Å². The molecule has 112 valence electrons. The topological polar surface area (TPSA) is 41.5 Å². The van der Waals surface area contributed by atoms with Crippen LogP contribution in [0.15, 0.2) is 30.3 Å². The van der Waals surface area contributed by atoms with Crippen LogP contribution < -0.4 is 10.1 Å². The molecule has 2 rings (SSSR count). The molecule has 1 unspecified atom stereocenters. The first-order valence-electron chi connectivity index (χ1n) is 6.20. The summed E-state index contributed by atoms with van der Waals surface area (Å²) in [5.41, 5.74) is 0.488. The minimum atomic E-state index is -0.797. The summed E-state index contributed by atoms with van der Waals surface area (Å²) in [7, 11) is 1.50. The highest BCUT2D eigenvalue weighted by atomic mass is 35.5. The molecule has 0 aliphatic carbocycles. The van der Waals surface area contributed by atoms with Gasteiger partial charge in [-0.25, -0.2) is 8.78 Å². The molecule has 0 radical (unpaired) electrons. The maximum Gasteiger partial charge on any atom is 0.150 e. The number of methoxy groups -OCH3 is 1. The van der Waals surface area contributed by atoms with Gasteiger partial charge in [-0.15, -0.1) is 0 Å². The van der Waals surface area contributed by atoms with Crippen molar-refractivity contribution in [3.05, 3.63) is 52.6 Å². The van der Waals surface area contributed by atoms with E-state index in [1.165, 1.54) is 13.2 Å². The number of phenols is 1. The van der Waals surface area contributed by atoms with E-state index >= 15 is 0 Å². The summed E-state index contributed by atoms with van der Waals surface area (Å²) < 4.78 is 31.9. The average molecular weight is 314 g/mol. The first-order valence-corrected chi connectivity index (χ1v) is 6.58. The zero-order valence-corrected chi connectivity index (χ0v) is 12.2. The zero-order chi connectivity index (χ0) is 15.6. The summed E-state index contributed by atoms with van der Waals surface area (Å²) in [6, 6.07) is 6.02. The van der Waals surface area contributed by atoms with Gasteiger partial charge in [0, 0.05) is 11.6 Å². The predicted octanol–water partition coefficient (Wildman–Crippen LogP) is 4.51. The smallest absolute Gasteiger partial charge is 0.150 e. The van der Waals surface area contributed by atoms with Gasteiger partial charge in [-0.3, -0.25) is 0 Å². The monoisotopic (exact) mass is 313 g/mol. The van der Waals surface area contributed by atoms with Crippen LogP contribution in [0.4, 0.5) is 14.5 Å². The quantitative estimate of drug-likeness (QED) is 0.873. The molecule has 0 aliphatic heterocycles. The molecule has 6 heteroatoms. The second-order valence-electron chi connectivity index (χ2n) is 4.54. The largest absolute Gasteiger partial charge is 0.508 e. The normalized spacial score (nSPS) is 12.0. The molecule has 0 saturated heterocycles. The Bertz CT molecular complexity index is 641. The van der Waals surface area contributed by atoms with Gasteiger partial charge in [-0.2, -0.15) is 0 Å². The highest BCUT2D eigenvalue weighted by Crippen LogP contribution is 2.34. The molecule has 0 amide bonds. The molecule has 2 aromatic carbocycles. The van der Waals surface area contributed by atoms with Crippen LogP contribution >= 0.6 is 11.6 Å². The molecule has 2 aromatic rings. The van der Waals surface area contributed by atoms with Crippen LogP contribution in [0, 0.1) is 11.6 Å². The Labute approximate surface area is 126 Å². The van der Waals surface area contributed by atoms with Gasteiger partial charge in [0.15, 0.2) is 5.82 Å². The van der Waals surface area contributed by atoms with E-state index < -0.39 is 17.7 Å². The van der Waals surface area contributed by atoms with Crippen molar-refractivity contribution in [1.29, 1.82) is 0 Å².